The van der Waals surface area contributed by atoms with Gasteiger partial charge in [0.2, 0.25) is 5.88 Å². The van der Waals surface area contributed by atoms with Gasteiger partial charge in [-0.25, -0.2) is 4.98 Å². The highest BCUT2D eigenvalue weighted by Gasteiger charge is 2.38. The molecular weight excluding hydrogens is 476 g/mol. The lowest BCUT2D eigenvalue weighted by Crippen LogP contribution is -2.28. The maximum absolute atomic E-state index is 13.2. The number of anilines is 1. The van der Waals surface area contributed by atoms with Crippen molar-refractivity contribution in [3.05, 3.63) is 70.6 Å². The van der Waals surface area contributed by atoms with Crippen LogP contribution in [0.4, 0.5) is 32.0 Å². The van der Waals surface area contributed by atoms with Gasteiger partial charge in [-0.1, -0.05) is 11.6 Å². The lowest BCUT2D eigenvalue weighted by atomic mass is 10.0. The zero-order valence-corrected chi connectivity index (χ0v) is 17.7. The molecular formula is C21H14ClF6N3O2. The molecule has 0 saturated heterocycles. The topological polar surface area (TPSA) is 55.3 Å². The molecule has 0 radical (unpaired) electrons. The minimum Gasteiger partial charge on any atom is -0.480 e. The van der Waals surface area contributed by atoms with Gasteiger partial charge in [0, 0.05) is 36.1 Å². The Balaban J connectivity index is 2.12. The molecule has 3 rings (SSSR count). The van der Waals surface area contributed by atoms with E-state index < -0.39 is 35.0 Å². The Kier molecular flexibility index (Phi) is 6.55. The largest absolute Gasteiger partial charge is 0.480 e. The molecule has 1 aromatic carbocycles. The summed E-state index contributed by atoms with van der Waals surface area (Å²) in [7, 11) is 2.54. The average Bonchev–Trinajstić information content (AvgIpc) is 2.77. The molecule has 0 aliphatic rings. The molecule has 0 bridgehead atoms. The number of carbonyl (C=O) groups is 1. The van der Waals surface area contributed by atoms with Crippen molar-refractivity contribution < 1.29 is 35.9 Å². The zero-order chi connectivity index (χ0) is 24.6. The first-order valence-corrected chi connectivity index (χ1v) is 9.42. The van der Waals surface area contributed by atoms with E-state index in [1.54, 1.807) is 0 Å². The van der Waals surface area contributed by atoms with Gasteiger partial charge in [-0.2, -0.15) is 26.3 Å². The van der Waals surface area contributed by atoms with Crippen LogP contribution in [0.1, 0.15) is 21.5 Å². The zero-order valence-electron chi connectivity index (χ0n) is 16.9. The summed E-state index contributed by atoms with van der Waals surface area (Å²) in [5.74, 6) is -1.03. The van der Waals surface area contributed by atoms with Crippen LogP contribution in [0.25, 0.3) is 11.1 Å². The van der Waals surface area contributed by atoms with E-state index >= 15 is 0 Å². The van der Waals surface area contributed by atoms with Gasteiger partial charge < -0.3 is 9.64 Å². The fourth-order valence-electron chi connectivity index (χ4n) is 3.04. The highest BCUT2D eigenvalue weighted by atomic mass is 35.5. The van der Waals surface area contributed by atoms with Crippen LogP contribution in [0.5, 0.6) is 5.88 Å². The summed E-state index contributed by atoms with van der Waals surface area (Å²) in [6, 6.07) is 3.68. The molecule has 0 spiro atoms. The molecule has 0 unspecified atom stereocenters. The van der Waals surface area contributed by atoms with Crippen molar-refractivity contribution in [2.75, 3.05) is 19.1 Å². The van der Waals surface area contributed by atoms with Gasteiger partial charge in [-0.05, 0) is 30.3 Å². The first-order chi connectivity index (χ1) is 15.3. The SMILES string of the molecule is COc1nccc(-c2ccncc2N(C)C(=O)c2cc(C(F)(F)F)cc(C(F)(F)F)c2)c1Cl. The van der Waals surface area contributed by atoms with Crippen molar-refractivity contribution in [1.82, 2.24) is 9.97 Å². The summed E-state index contributed by atoms with van der Waals surface area (Å²) < 4.78 is 84.2. The summed E-state index contributed by atoms with van der Waals surface area (Å²) in [6.45, 7) is 0. The minimum absolute atomic E-state index is 0.0463. The van der Waals surface area contributed by atoms with Crippen molar-refractivity contribution in [3.63, 3.8) is 0 Å². The van der Waals surface area contributed by atoms with Gasteiger partial charge in [-0.15, -0.1) is 0 Å². The van der Waals surface area contributed by atoms with Crippen molar-refractivity contribution in [1.29, 1.82) is 0 Å². The second-order valence-corrected chi connectivity index (χ2v) is 7.11. The Morgan fingerprint density at radius 3 is 2.09 bits per heavy atom. The summed E-state index contributed by atoms with van der Waals surface area (Å²) in [4.78, 5) is 21.7. The summed E-state index contributed by atoms with van der Waals surface area (Å²) in [5, 5.41) is 0.0896. The summed E-state index contributed by atoms with van der Waals surface area (Å²) >= 11 is 6.30. The first-order valence-electron chi connectivity index (χ1n) is 9.05. The average molecular weight is 490 g/mol. The molecule has 0 fully saturated rings. The molecule has 0 atom stereocenters. The van der Waals surface area contributed by atoms with Crippen LogP contribution in [0.2, 0.25) is 5.02 Å². The second-order valence-electron chi connectivity index (χ2n) is 6.73. The number of rotatable bonds is 4. The highest BCUT2D eigenvalue weighted by molar-refractivity contribution is 6.34. The van der Waals surface area contributed by atoms with Gasteiger partial charge in [0.05, 0.1) is 30.1 Å². The third-order valence-electron chi connectivity index (χ3n) is 4.64. The molecule has 3 aromatic rings. The van der Waals surface area contributed by atoms with Gasteiger partial charge in [0.25, 0.3) is 5.91 Å². The maximum atomic E-state index is 13.2. The predicted octanol–water partition coefficient (Wildman–Crippen LogP) is 6.12. The van der Waals surface area contributed by atoms with E-state index in [0.29, 0.717) is 23.3 Å². The van der Waals surface area contributed by atoms with E-state index in [2.05, 4.69) is 9.97 Å². The Hall–Kier alpha value is -3.34. The molecule has 1 amide bonds. The van der Waals surface area contributed by atoms with Crippen LogP contribution in [-0.2, 0) is 12.4 Å². The molecule has 2 aromatic heterocycles. The van der Waals surface area contributed by atoms with Crippen molar-refractivity contribution >= 4 is 23.2 Å². The van der Waals surface area contributed by atoms with Gasteiger partial charge in [0.1, 0.15) is 5.02 Å². The molecule has 12 heteroatoms. The summed E-state index contributed by atoms with van der Waals surface area (Å²) in [6.07, 6.45) is -6.18. The Bertz CT molecular complexity index is 1170. The Morgan fingerprint density at radius 2 is 1.55 bits per heavy atom. The van der Waals surface area contributed by atoms with E-state index in [1.807, 2.05) is 0 Å². The van der Waals surface area contributed by atoms with Crippen LogP contribution < -0.4 is 9.64 Å². The van der Waals surface area contributed by atoms with E-state index in [0.717, 1.165) is 4.90 Å². The molecule has 33 heavy (non-hydrogen) atoms. The second kappa shape index (κ2) is 8.89. The number of carbonyl (C=O) groups excluding carboxylic acids is 1. The van der Waals surface area contributed by atoms with Crippen LogP contribution in [-0.4, -0.2) is 30.0 Å². The van der Waals surface area contributed by atoms with Crippen molar-refractivity contribution in [2.24, 2.45) is 0 Å². The van der Waals surface area contributed by atoms with Gasteiger partial charge >= 0.3 is 12.4 Å². The minimum atomic E-state index is -5.09. The number of halogens is 7. The lowest BCUT2D eigenvalue weighted by molar-refractivity contribution is -0.143. The van der Waals surface area contributed by atoms with Gasteiger partial charge in [-0.3, -0.25) is 9.78 Å². The van der Waals surface area contributed by atoms with Crippen molar-refractivity contribution in [2.45, 2.75) is 12.4 Å². The molecule has 174 valence electrons. The number of benzene rings is 1. The lowest BCUT2D eigenvalue weighted by Gasteiger charge is -2.22. The number of aromatic nitrogens is 2. The molecule has 2 heterocycles. The molecule has 0 saturated carbocycles. The number of alkyl halides is 6. The van der Waals surface area contributed by atoms with Crippen LogP contribution >= 0.6 is 11.6 Å². The number of methoxy groups -OCH3 is 1. The van der Waals surface area contributed by atoms with E-state index in [4.69, 9.17) is 16.3 Å². The van der Waals surface area contributed by atoms with E-state index in [-0.39, 0.29) is 22.7 Å². The van der Waals surface area contributed by atoms with Crippen LogP contribution in [0.3, 0.4) is 0 Å². The van der Waals surface area contributed by atoms with Crippen LogP contribution in [0, 0.1) is 0 Å². The third kappa shape index (κ3) is 5.03. The van der Waals surface area contributed by atoms with Crippen LogP contribution in [0.15, 0.2) is 48.9 Å². The number of amides is 1. The normalized spacial score (nSPS) is 11.9. The number of ether oxygens (including phenoxy) is 1. The quantitative estimate of drug-likeness (QED) is 0.414. The number of hydrogen-bond donors (Lipinski definition) is 0. The molecule has 5 nitrogen and oxygen atoms in total. The molecule has 0 aliphatic heterocycles. The number of pyridine rings is 2. The number of hydrogen-bond acceptors (Lipinski definition) is 4. The van der Waals surface area contributed by atoms with Crippen molar-refractivity contribution in [3.8, 4) is 17.0 Å². The molecule has 0 N–H and O–H groups in total. The third-order valence-corrected chi connectivity index (χ3v) is 5.01. The van der Waals surface area contributed by atoms with E-state index in [9.17, 15) is 31.1 Å². The smallest absolute Gasteiger partial charge is 0.416 e. The Labute approximate surface area is 188 Å². The summed E-state index contributed by atoms with van der Waals surface area (Å²) in [5.41, 5.74) is -3.21. The monoisotopic (exact) mass is 489 g/mol. The van der Waals surface area contributed by atoms with Gasteiger partial charge in [0.15, 0.2) is 0 Å². The Morgan fingerprint density at radius 1 is 0.970 bits per heavy atom. The molecule has 0 aliphatic carbocycles. The number of nitrogens with zero attached hydrogens (tertiary/aromatic N) is 3. The fraction of sp³-hybridized carbons (Fsp3) is 0.190. The first kappa shape index (κ1) is 24.3. The fourth-order valence-corrected chi connectivity index (χ4v) is 3.33. The maximum Gasteiger partial charge on any atom is 0.416 e. The van der Waals surface area contributed by atoms with E-state index in [1.165, 1.54) is 44.9 Å². The predicted molar refractivity (Wildman–Crippen MR) is 108 cm³/mol. The standard InChI is InChI=1S/C21H14ClF6N3O2/c1-31(16-10-29-5-3-14(16)15-4-6-30-18(33-2)17(15)22)19(32)11-7-12(20(23,24)25)9-13(8-11)21(26,27)28/h3-10H,1-2H3. The highest BCUT2D eigenvalue weighted by Crippen LogP contribution is 2.39.